The van der Waals surface area contributed by atoms with Crippen molar-refractivity contribution in [3.05, 3.63) is 12.2 Å². The largest absolute Gasteiger partial charge is 0.478 e. The van der Waals surface area contributed by atoms with Gasteiger partial charge in [-0.15, -0.1) is 0 Å². The van der Waals surface area contributed by atoms with Crippen LogP contribution in [0.5, 0.6) is 0 Å². The predicted molar refractivity (Wildman–Crippen MR) is 53.8 cm³/mol. The first-order chi connectivity index (χ1) is 6.08. The lowest BCUT2D eigenvalue weighted by Gasteiger charge is -2.28. The Bertz CT molecular complexity index is 185. The number of carbonyl (C=O) groups is 1. The van der Waals surface area contributed by atoms with Crippen molar-refractivity contribution in [3.8, 4) is 0 Å². The first kappa shape index (κ1) is 12.2. The van der Waals surface area contributed by atoms with Crippen LogP contribution in [-0.2, 0) is 4.79 Å². The molecule has 0 rings (SSSR count). The highest BCUT2D eigenvalue weighted by atomic mass is 16.4. The molecular weight excluding hydrogens is 166 g/mol. The molecule has 3 nitrogen and oxygen atoms in total. The number of aliphatic carboxylic acids is 1. The van der Waals surface area contributed by atoms with Crippen LogP contribution < -0.4 is 0 Å². The molecule has 0 aliphatic carbocycles. The topological polar surface area (TPSA) is 40.5 Å². The molecule has 0 saturated heterocycles. The summed E-state index contributed by atoms with van der Waals surface area (Å²) >= 11 is 0. The summed E-state index contributed by atoms with van der Waals surface area (Å²) in [7, 11) is 0. The van der Waals surface area contributed by atoms with Crippen LogP contribution in [0.15, 0.2) is 12.2 Å². The van der Waals surface area contributed by atoms with Gasteiger partial charge in [0.15, 0.2) is 0 Å². The summed E-state index contributed by atoms with van der Waals surface area (Å²) in [6.45, 7) is 11.4. The molecule has 76 valence electrons. The summed E-state index contributed by atoms with van der Waals surface area (Å²) in [6.07, 6.45) is 0.798. The van der Waals surface area contributed by atoms with E-state index in [1.807, 2.05) is 20.8 Å². The maximum atomic E-state index is 10.7. The molecule has 0 amide bonds. The van der Waals surface area contributed by atoms with E-state index in [4.69, 9.17) is 5.11 Å². The molecule has 0 saturated carbocycles. The second-order valence-electron chi connectivity index (χ2n) is 2.98. The Balaban J connectivity index is 4.47. The molecule has 0 bridgehead atoms. The van der Waals surface area contributed by atoms with Crippen LogP contribution in [0.25, 0.3) is 0 Å². The smallest absolute Gasteiger partial charge is 0.332 e. The van der Waals surface area contributed by atoms with Crippen LogP contribution in [-0.4, -0.2) is 35.1 Å². The van der Waals surface area contributed by atoms with Crippen molar-refractivity contribution in [3.63, 3.8) is 0 Å². The van der Waals surface area contributed by atoms with Crippen molar-refractivity contribution < 1.29 is 9.90 Å². The monoisotopic (exact) mass is 185 g/mol. The van der Waals surface area contributed by atoms with Crippen LogP contribution in [0, 0.1) is 0 Å². The van der Waals surface area contributed by atoms with E-state index in [1.54, 1.807) is 0 Å². The first-order valence-electron chi connectivity index (χ1n) is 4.74. The number of hydrogen-bond acceptors (Lipinski definition) is 2. The van der Waals surface area contributed by atoms with Gasteiger partial charge in [0, 0.05) is 11.6 Å². The van der Waals surface area contributed by atoms with E-state index in [9.17, 15) is 4.79 Å². The Kier molecular flexibility index (Phi) is 5.39. The van der Waals surface area contributed by atoms with Crippen LogP contribution in [0.4, 0.5) is 0 Å². The molecule has 1 N–H and O–H groups in total. The third-order valence-corrected chi connectivity index (χ3v) is 2.32. The minimum Gasteiger partial charge on any atom is -0.478 e. The molecule has 13 heavy (non-hydrogen) atoms. The van der Waals surface area contributed by atoms with Gasteiger partial charge in [-0.25, -0.2) is 4.79 Å². The van der Waals surface area contributed by atoms with Crippen LogP contribution >= 0.6 is 0 Å². The zero-order chi connectivity index (χ0) is 10.4. The van der Waals surface area contributed by atoms with E-state index < -0.39 is 5.97 Å². The highest BCUT2D eigenvalue weighted by molar-refractivity contribution is 5.87. The Hall–Kier alpha value is -0.830. The normalized spacial score (nSPS) is 12.9. The minimum atomic E-state index is -0.890. The third kappa shape index (κ3) is 3.19. The molecule has 1 atom stereocenters. The zero-order valence-corrected chi connectivity index (χ0v) is 8.71. The molecule has 0 fully saturated rings. The Labute approximate surface area is 80.0 Å². The maximum absolute atomic E-state index is 10.7. The van der Waals surface area contributed by atoms with E-state index >= 15 is 0 Å². The lowest BCUT2D eigenvalue weighted by Crippen LogP contribution is -2.37. The van der Waals surface area contributed by atoms with Crippen LogP contribution in [0.2, 0.25) is 0 Å². The minimum absolute atomic E-state index is 0.0208. The fourth-order valence-electron chi connectivity index (χ4n) is 1.53. The van der Waals surface area contributed by atoms with Gasteiger partial charge in [-0.3, -0.25) is 4.90 Å². The molecule has 3 heteroatoms. The quantitative estimate of drug-likeness (QED) is 0.641. The molecule has 0 spiro atoms. The van der Waals surface area contributed by atoms with Crippen LogP contribution in [0.1, 0.15) is 27.2 Å². The number of rotatable bonds is 6. The van der Waals surface area contributed by atoms with Gasteiger partial charge >= 0.3 is 5.97 Å². The van der Waals surface area contributed by atoms with Gasteiger partial charge < -0.3 is 5.11 Å². The number of nitrogens with zero attached hydrogens (tertiary/aromatic N) is 1. The summed E-state index contributed by atoms with van der Waals surface area (Å²) in [5.74, 6) is -0.890. The summed E-state index contributed by atoms with van der Waals surface area (Å²) in [5, 5.41) is 8.80. The molecular formula is C10H19NO2. The summed E-state index contributed by atoms with van der Waals surface area (Å²) in [5.41, 5.74) is 0.297. The molecule has 0 aromatic heterocycles. The Morgan fingerprint density at radius 2 is 1.85 bits per heavy atom. The van der Waals surface area contributed by atoms with Gasteiger partial charge in [-0.05, 0) is 19.5 Å². The zero-order valence-electron chi connectivity index (χ0n) is 8.71. The number of carboxylic acid groups (broad SMARTS) is 1. The highest BCUT2D eigenvalue weighted by Crippen LogP contribution is 2.12. The van der Waals surface area contributed by atoms with Gasteiger partial charge in [-0.1, -0.05) is 27.4 Å². The predicted octanol–water partition coefficient (Wildman–Crippen LogP) is 1.75. The highest BCUT2D eigenvalue weighted by Gasteiger charge is 2.21. The van der Waals surface area contributed by atoms with E-state index in [0.29, 0.717) is 5.57 Å². The second-order valence-corrected chi connectivity index (χ2v) is 2.98. The molecule has 0 radical (unpaired) electrons. The lowest BCUT2D eigenvalue weighted by atomic mass is 10.0. The van der Waals surface area contributed by atoms with Gasteiger partial charge in [0.2, 0.25) is 0 Å². The number of hydrogen-bond donors (Lipinski definition) is 1. The van der Waals surface area contributed by atoms with E-state index in [0.717, 1.165) is 19.5 Å². The second kappa shape index (κ2) is 5.75. The van der Waals surface area contributed by atoms with Gasteiger partial charge in [0.25, 0.3) is 0 Å². The Morgan fingerprint density at radius 1 is 1.38 bits per heavy atom. The van der Waals surface area contributed by atoms with Crippen molar-refractivity contribution in [2.45, 2.75) is 33.2 Å². The molecule has 0 aromatic rings. The van der Waals surface area contributed by atoms with Crippen molar-refractivity contribution in [2.24, 2.45) is 0 Å². The standard InChI is InChI=1S/C10H19NO2/c1-5-9(8(4)10(12)13)11(6-2)7-3/h9H,4-7H2,1-3H3,(H,12,13). The lowest BCUT2D eigenvalue weighted by molar-refractivity contribution is -0.133. The number of carboxylic acids is 1. The van der Waals surface area contributed by atoms with E-state index in [2.05, 4.69) is 11.5 Å². The Morgan fingerprint density at radius 3 is 2.08 bits per heavy atom. The van der Waals surface area contributed by atoms with Gasteiger partial charge in [-0.2, -0.15) is 0 Å². The van der Waals surface area contributed by atoms with Crippen molar-refractivity contribution in [2.75, 3.05) is 13.1 Å². The molecule has 1 unspecified atom stereocenters. The van der Waals surface area contributed by atoms with Gasteiger partial charge in [0.1, 0.15) is 0 Å². The summed E-state index contributed by atoms with van der Waals surface area (Å²) in [4.78, 5) is 12.8. The average Bonchev–Trinajstić information content (AvgIpc) is 2.12. The molecule has 0 aromatic carbocycles. The fraction of sp³-hybridized carbons (Fsp3) is 0.700. The van der Waals surface area contributed by atoms with Crippen molar-refractivity contribution in [1.29, 1.82) is 0 Å². The molecule has 0 aliphatic heterocycles. The number of likely N-dealkylation sites (N-methyl/N-ethyl adjacent to an activating group) is 1. The van der Waals surface area contributed by atoms with Gasteiger partial charge in [0.05, 0.1) is 0 Å². The third-order valence-electron chi connectivity index (χ3n) is 2.32. The van der Waals surface area contributed by atoms with Crippen molar-refractivity contribution >= 4 is 5.97 Å². The van der Waals surface area contributed by atoms with Crippen LogP contribution in [0.3, 0.4) is 0 Å². The maximum Gasteiger partial charge on any atom is 0.332 e. The van der Waals surface area contributed by atoms with Crippen molar-refractivity contribution in [1.82, 2.24) is 4.90 Å². The molecule has 0 heterocycles. The van der Waals surface area contributed by atoms with E-state index in [-0.39, 0.29) is 6.04 Å². The summed E-state index contributed by atoms with van der Waals surface area (Å²) < 4.78 is 0. The fourth-order valence-corrected chi connectivity index (χ4v) is 1.53. The molecule has 0 aliphatic rings. The SMILES string of the molecule is C=C(C(=O)O)C(CC)N(CC)CC. The summed E-state index contributed by atoms with van der Waals surface area (Å²) in [6, 6.07) is -0.0208. The first-order valence-corrected chi connectivity index (χ1v) is 4.74. The van der Waals surface area contributed by atoms with E-state index in [1.165, 1.54) is 0 Å². The average molecular weight is 185 g/mol.